The van der Waals surface area contributed by atoms with Crippen molar-refractivity contribution in [2.24, 2.45) is 0 Å². The summed E-state index contributed by atoms with van der Waals surface area (Å²) in [5.74, 6) is 0. The molecule has 0 unspecified atom stereocenters. The molecule has 0 aliphatic heterocycles. The van der Waals surface area contributed by atoms with E-state index in [9.17, 15) is 13.2 Å². The van der Waals surface area contributed by atoms with Crippen LogP contribution in [-0.4, -0.2) is 5.33 Å². The fraction of sp³-hybridized carbons (Fsp3) is 0.556. The van der Waals surface area contributed by atoms with Crippen LogP contribution < -0.4 is 0 Å². The Morgan fingerprint density at radius 1 is 1.21 bits per heavy atom. The lowest BCUT2D eigenvalue weighted by atomic mass is 9.95. The van der Waals surface area contributed by atoms with Crippen LogP contribution in [-0.2, 0) is 11.6 Å². The van der Waals surface area contributed by atoms with Gasteiger partial charge in [-0.25, -0.2) is 0 Å². The molecular weight excluding hydrogens is 277 g/mol. The molecule has 0 spiro atoms. The van der Waals surface area contributed by atoms with Crippen molar-refractivity contribution < 1.29 is 13.2 Å². The molecule has 0 fully saturated rings. The standard InChI is InChI=1S/C9H10BrF3S/c1-8(2,5-10)6-3-4-7(14-6)9(11,12)13/h3-4H,5H2,1-2H3. The molecule has 0 N–H and O–H groups in total. The SMILES string of the molecule is CC(C)(CBr)c1ccc(C(F)(F)F)s1. The van der Waals surface area contributed by atoms with Gasteiger partial charge in [0.1, 0.15) is 4.88 Å². The Kier molecular flexibility index (Phi) is 3.31. The summed E-state index contributed by atoms with van der Waals surface area (Å²) in [6, 6.07) is 2.69. The van der Waals surface area contributed by atoms with E-state index in [0.717, 1.165) is 22.3 Å². The molecule has 0 nitrogen and oxygen atoms in total. The van der Waals surface area contributed by atoms with Crippen molar-refractivity contribution in [1.29, 1.82) is 0 Å². The summed E-state index contributed by atoms with van der Waals surface area (Å²) < 4.78 is 36.9. The molecule has 0 aliphatic rings. The molecule has 14 heavy (non-hydrogen) atoms. The van der Waals surface area contributed by atoms with Crippen LogP contribution in [0, 0.1) is 0 Å². The minimum Gasteiger partial charge on any atom is -0.165 e. The van der Waals surface area contributed by atoms with Gasteiger partial charge < -0.3 is 0 Å². The van der Waals surface area contributed by atoms with E-state index >= 15 is 0 Å². The maximum Gasteiger partial charge on any atom is 0.425 e. The first kappa shape index (κ1) is 12.0. The summed E-state index contributed by atoms with van der Waals surface area (Å²) in [6.45, 7) is 3.82. The van der Waals surface area contributed by atoms with Crippen molar-refractivity contribution in [3.63, 3.8) is 0 Å². The van der Waals surface area contributed by atoms with Crippen LogP contribution in [0.2, 0.25) is 0 Å². The van der Waals surface area contributed by atoms with Gasteiger partial charge in [0.15, 0.2) is 0 Å². The zero-order valence-corrected chi connectivity index (χ0v) is 10.2. The highest BCUT2D eigenvalue weighted by molar-refractivity contribution is 9.09. The predicted octanol–water partition coefficient (Wildman–Crippen LogP) is 4.44. The van der Waals surface area contributed by atoms with Gasteiger partial charge in [-0.2, -0.15) is 13.2 Å². The highest BCUT2D eigenvalue weighted by Crippen LogP contribution is 2.39. The topological polar surface area (TPSA) is 0 Å². The largest absolute Gasteiger partial charge is 0.425 e. The van der Waals surface area contributed by atoms with Crippen LogP contribution in [0.4, 0.5) is 13.2 Å². The van der Waals surface area contributed by atoms with Crippen LogP contribution in [0.5, 0.6) is 0 Å². The van der Waals surface area contributed by atoms with Crippen LogP contribution in [0.25, 0.3) is 0 Å². The van der Waals surface area contributed by atoms with Gasteiger partial charge in [0.05, 0.1) is 0 Å². The van der Waals surface area contributed by atoms with E-state index in [1.165, 1.54) is 0 Å². The van der Waals surface area contributed by atoms with Crippen LogP contribution in [0.1, 0.15) is 23.6 Å². The maximum absolute atomic E-state index is 12.3. The second-order valence-electron chi connectivity index (χ2n) is 3.68. The fourth-order valence-corrected chi connectivity index (χ4v) is 2.38. The minimum atomic E-state index is -4.22. The first-order chi connectivity index (χ1) is 6.27. The Labute approximate surface area is 93.3 Å². The molecule has 1 aromatic rings. The monoisotopic (exact) mass is 286 g/mol. The Bertz CT molecular complexity index is 314. The van der Waals surface area contributed by atoms with E-state index in [1.807, 2.05) is 13.8 Å². The average molecular weight is 287 g/mol. The van der Waals surface area contributed by atoms with Gasteiger partial charge in [-0.1, -0.05) is 29.8 Å². The summed E-state index contributed by atoms with van der Waals surface area (Å²) in [6.07, 6.45) is -4.22. The van der Waals surface area contributed by atoms with Crippen molar-refractivity contribution in [2.75, 3.05) is 5.33 Å². The third kappa shape index (κ3) is 2.51. The molecule has 0 bridgehead atoms. The lowest BCUT2D eigenvalue weighted by Crippen LogP contribution is -2.16. The first-order valence-corrected chi connectivity index (χ1v) is 5.94. The van der Waals surface area contributed by atoms with Crippen molar-refractivity contribution >= 4 is 27.3 Å². The van der Waals surface area contributed by atoms with Crippen molar-refractivity contribution in [3.05, 3.63) is 21.9 Å². The summed E-state index contributed by atoms with van der Waals surface area (Å²) in [5.41, 5.74) is -0.242. The van der Waals surface area contributed by atoms with Gasteiger partial charge in [0, 0.05) is 15.6 Å². The number of hydrogen-bond donors (Lipinski definition) is 0. The van der Waals surface area contributed by atoms with Crippen molar-refractivity contribution in [3.8, 4) is 0 Å². The van der Waals surface area contributed by atoms with Gasteiger partial charge in [-0.05, 0) is 12.1 Å². The molecule has 0 amide bonds. The molecule has 1 aromatic heterocycles. The Hall–Kier alpha value is -0.0300. The smallest absolute Gasteiger partial charge is 0.165 e. The van der Waals surface area contributed by atoms with E-state index in [1.54, 1.807) is 6.07 Å². The number of alkyl halides is 4. The number of halogens is 4. The number of rotatable bonds is 2. The zero-order chi connectivity index (χ0) is 11.0. The second kappa shape index (κ2) is 3.85. The zero-order valence-electron chi connectivity index (χ0n) is 7.78. The highest BCUT2D eigenvalue weighted by atomic mass is 79.9. The van der Waals surface area contributed by atoms with Gasteiger partial charge in [-0.15, -0.1) is 11.3 Å². The summed E-state index contributed by atoms with van der Waals surface area (Å²) in [5, 5.41) is 0.651. The Morgan fingerprint density at radius 3 is 2.07 bits per heavy atom. The van der Waals surface area contributed by atoms with Crippen LogP contribution in [0.15, 0.2) is 12.1 Å². The molecule has 0 radical (unpaired) electrons. The fourth-order valence-electron chi connectivity index (χ4n) is 0.920. The quantitative estimate of drug-likeness (QED) is 0.705. The van der Waals surface area contributed by atoms with E-state index in [4.69, 9.17) is 0 Å². The van der Waals surface area contributed by atoms with E-state index in [-0.39, 0.29) is 5.41 Å². The summed E-state index contributed by atoms with van der Waals surface area (Å²) >= 11 is 4.11. The minimum absolute atomic E-state index is 0.242. The third-order valence-corrected chi connectivity index (χ3v) is 4.78. The van der Waals surface area contributed by atoms with E-state index in [2.05, 4.69) is 15.9 Å². The number of thiophene rings is 1. The summed E-state index contributed by atoms with van der Waals surface area (Å²) in [4.78, 5) is 0.225. The van der Waals surface area contributed by atoms with Gasteiger partial charge in [-0.3, -0.25) is 0 Å². The van der Waals surface area contributed by atoms with Crippen molar-refractivity contribution in [1.82, 2.24) is 0 Å². The van der Waals surface area contributed by atoms with Crippen LogP contribution >= 0.6 is 27.3 Å². The normalized spacial score (nSPS) is 13.3. The van der Waals surface area contributed by atoms with E-state index < -0.39 is 11.1 Å². The molecule has 5 heteroatoms. The number of hydrogen-bond acceptors (Lipinski definition) is 1. The average Bonchev–Trinajstić information content (AvgIpc) is 2.51. The highest BCUT2D eigenvalue weighted by Gasteiger charge is 2.34. The molecule has 0 atom stereocenters. The van der Waals surface area contributed by atoms with E-state index in [0.29, 0.717) is 5.33 Å². The van der Waals surface area contributed by atoms with Gasteiger partial charge in [0.2, 0.25) is 0 Å². The Morgan fingerprint density at radius 2 is 1.71 bits per heavy atom. The third-order valence-electron chi connectivity index (χ3n) is 1.89. The maximum atomic E-state index is 12.3. The predicted molar refractivity (Wildman–Crippen MR) is 56.1 cm³/mol. The lowest BCUT2D eigenvalue weighted by molar-refractivity contribution is -0.134. The van der Waals surface area contributed by atoms with Crippen LogP contribution in [0.3, 0.4) is 0 Å². The second-order valence-corrected chi connectivity index (χ2v) is 5.32. The lowest BCUT2D eigenvalue weighted by Gasteiger charge is -2.19. The molecule has 0 saturated heterocycles. The van der Waals surface area contributed by atoms with Gasteiger partial charge >= 0.3 is 6.18 Å². The molecule has 0 saturated carbocycles. The summed E-state index contributed by atoms with van der Waals surface area (Å²) in [7, 11) is 0. The molecule has 0 aromatic carbocycles. The molecular formula is C9H10BrF3S. The molecule has 80 valence electrons. The van der Waals surface area contributed by atoms with Crippen molar-refractivity contribution in [2.45, 2.75) is 25.4 Å². The Balaban J connectivity index is 3.00. The molecule has 0 aliphatic carbocycles. The molecule has 1 rings (SSSR count). The van der Waals surface area contributed by atoms with Gasteiger partial charge in [0.25, 0.3) is 0 Å². The first-order valence-electron chi connectivity index (χ1n) is 4.01. The molecule has 1 heterocycles.